The summed E-state index contributed by atoms with van der Waals surface area (Å²) in [6.07, 6.45) is 3.22. The van der Waals surface area contributed by atoms with Crippen molar-refractivity contribution < 1.29 is 0 Å². The van der Waals surface area contributed by atoms with Crippen LogP contribution in [0, 0.1) is 11.8 Å². The number of hydrogen-bond donors (Lipinski definition) is 0. The van der Waals surface area contributed by atoms with Gasteiger partial charge >= 0.3 is 108 Å². The molecule has 0 aromatic rings. The quantitative estimate of drug-likeness (QED) is 0.566. The second-order valence-electron chi connectivity index (χ2n) is 6.83. The molecule has 1 heterocycles. The van der Waals surface area contributed by atoms with E-state index < -0.39 is 13.6 Å². The molecule has 1 rings (SSSR count). The predicted octanol–water partition coefficient (Wildman–Crippen LogP) is 5.42. The molecule has 1 aliphatic heterocycles. The van der Waals surface area contributed by atoms with Gasteiger partial charge < -0.3 is 0 Å². The zero-order chi connectivity index (χ0) is 12.6. The van der Waals surface area contributed by atoms with E-state index in [1.807, 2.05) is 0 Å². The van der Waals surface area contributed by atoms with E-state index in [1.165, 1.54) is 15.9 Å². The van der Waals surface area contributed by atoms with Crippen molar-refractivity contribution in [3.05, 3.63) is 0 Å². The van der Waals surface area contributed by atoms with Crippen LogP contribution in [0.3, 0.4) is 0 Å². The molecule has 0 aliphatic carbocycles. The Morgan fingerprint density at radius 1 is 1.19 bits per heavy atom. The molecule has 0 saturated carbocycles. The van der Waals surface area contributed by atoms with Gasteiger partial charge in [0.1, 0.15) is 0 Å². The van der Waals surface area contributed by atoms with E-state index in [0.717, 1.165) is 11.8 Å². The summed E-state index contributed by atoms with van der Waals surface area (Å²) in [5.74, 6) is 1.98. The van der Waals surface area contributed by atoms with Crippen molar-refractivity contribution in [1.82, 2.24) is 0 Å². The fraction of sp³-hybridized carbons (Fsp3) is 1.00. The summed E-state index contributed by atoms with van der Waals surface area (Å²) in [6, 6.07) is 0. The van der Waals surface area contributed by atoms with Crippen LogP contribution in [-0.4, -0.2) is 45.6 Å². The van der Waals surface area contributed by atoms with Crippen LogP contribution in [0.5, 0.6) is 0 Å². The topological polar surface area (TPSA) is 0 Å². The molecule has 0 nitrogen and oxygen atoms in total. The molecule has 0 bridgehead atoms. The summed E-state index contributed by atoms with van der Waals surface area (Å²) in [5, 5.41) is 0. The third kappa shape index (κ3) is 4.08. The van der Waals surface area contributed by atoms with Crippen LogP contribution in [0.15, 0.2) is 0 Å². The van der Waals surface area contributed by atoms with Crippen molar-refractivity contribution >= 4 is 37.1 Å². The Morgan fingerprint density at radius 3 is 2.25 bits per heavy atom. The van der Waals surface area contributed by atoms with Gasteiger partial charge in [0.05, 0.1) is 0 Å². The predicted molar refractivity (Wildman–Crippen MR) is 97.9 cm³/mol. The zero-order valence-corrected chi connectivity index (χ0v) is 16.9. The van der Waals surface area contributed by atoms with Gasteiger partial charge in [0.2, 0.25) is 0 Å². The van der Waals surface area contributed by atoms with Crippen molar-refractivity contribution in [2.45, 2.75) is 13.8 Å². The number of hydrogen-bond acceptors (Lipinski definition) is 0. The molecule has 0 aromatic heterocycles. The Hall–Kier alpha value is 2.15. The molecule has 100 valence electrons. The normalized spacial score (nSPS) is 41.5. The first-order valence-corrected chi connectivity index (χ1v) is 20.4. The van der Waals surface area contributed by atoms with Crippen molar-refractivity contribution in [1.29, 1.82) is 0 Å². The SMILES string of the molecule is CC(C)C1CP(C)PP[PH](C)(C)[PH](C)(C)C1. The van der Waals surface area contributed by atoms with Crippen LogP contribution in [0.25, 0.3) is 0 Å². The van der Waals surface area contributed by atoms with Crippen molar-refractivity contribution in [2.75, 3.05) is 45.6 Å². The number of rotatable bonds is 1. The molecule has 0 N–H and O–H groups in total. The monoisotopic (exact) mass is 318 g/mol. The molecule has 5 heteroatoms. The first-order chi connectivity index (χ1) is 7.16. The van der Waals surface area contributed by atoms with Gasteiger partial charge in [-0.2, -0.15) is 0 Å². The summed E-state index contributed by atoms with van der Waals surface area (Å²) in [4.78, 5) is 0. The second kappa shape index (κ2) is 6.07. The van der Waals surface area contributed by atoms with Gasteiger partial charge in [0.25, 0.3) is 0 Å². The van der Waals surface area contributed by atoms with Gasteiger partial charge in [-0.25, -0.2) is 0 Å². The van der Waals surface area contributed by atoms with E-state index in [1.54, 1.807) is 12.3 Å². The maximum absolute atomic E-state index is 2.70. The second-order valence-corrected chi connectivity index (χ2v) is 37.5. The zero-order valence-electron chi connectivity index (χ0n) is 12.0. The Labute approximate surface area is 108 Å². The van der Waals surface area contributed by atoms with Gasteiger partial charge in [-0.15, -0.1) is 0 Å². The van der Waals surface area contributed by atoms with Crippen molar-refractivity contribution in [2.24, 2.45) is 11.8 Å². The van der Waals surface area contributed by atoms with Gasteiger partial charge in [-0.1, -0.05) is 0 Å². The van der Waals surface area contributed by atoms with E-state index in [2.05, 4.69) is 47.2 Å². The Morgan fingerprint density at radius 2 is 1.75 bits per heavy atom. The van der Waals surface area contributed by atoms with Crippen molar-refractivity contribution in [3.63, 3.8) is 0 Å². The molecule has 16 heavy (non-hydrogen) atoms. The third-order valence-electron chi connectivity index (χ3n) is 4.47. The molecular formula is C11H31P5. The average molecular weight is 318 g/mol. The molecule has 1 saturated heterocycles. The Balaban J connectivity index is 2.87. The molecule has 4 atom stereocenters. The maximum atomic E-state index is 2.70. The molecule has 0 aromatic carbocycles. The molecule has 0 spiro atoms. The van der Waals surface area contributed by atoms with E-state index in [9.17, 15) is 0 Å². The van der Waals surface area contributed by atoms with Crippen LogP contribution in [-0.2, 0) is 0 Å². The molecular weight excluding hydrogens is 287 g/mol. The van der Waals surface area contributed by atoms with E-state index >= 15 is 0 Å². The molecule has 0 amide bonds. The van der Waals surface area contributed by atoms with Gasteiger partial charge in [0.15, 0.2) is 0 Å². The third-order valence-corrected chi connectivity index (χ3v) is 48.8. The van der Waals surface area contributed by atoms with Crippen LogP contribution >= 0.6 is 37.1 Å². The summed E-state index contributed by atoms with van der Waals surface area (Å²) in [7, 11) is 3.13. The minimum atomic E-state index is -0.888. The Bertz CT molecular complexity index is 237. The van der Waals surface area contributed by atoms with E-state index in [-0.39, 0.29) is 0 Å². The average Bonchev–Trinajstić information content (AvgIpc) is 2.12. The van der Waals surface area contributed by atoms with Gasteiger partial charge in [-0.05, 0) is 0 Å². The molecule has 4 unspecified atom stereocenters. The van der Waals surface area contributed by atoms with Gasteiger partial charge in [-0.3, -0.25) is 0 Å². The standard InChI is InChI=1S/C11H31P5/c1-10(2)11-8-14(3)12-13-16(6,7)15(4,5)9-11/h10-13,15-16H,8-9H2,1-7H3. The van der Waals surface area contributed by atoms with E-state index in [0.29, 0.717) is 7.61 Å². The molecule has 1 fully saturated rings. The van der Waals surface area contributed by atoms with Crippen LogP contribution in [0.2, 0.25) is 0 Å². The minimum absolute atomic E-state index is 0.390. The summed E-state index contributed by atoms with van der Waals surface area (Å²) in [6.45, 7) is 16.6. The fourth-order valence-corrected chi connectivity index (χ4v) is 48.2. The molecule has 0 radical (unpaired) electrons. The van der Waals surface area contributed by atoms with Crippen molar-refractivity contribution in [3.8, 4) is 0 Å². The first-order valence-electron chi connectivity index (χ1n) is 6.40. The van der Waals surface area contributed by atoms with Gasteiger partial charge in [0, 0.05) is 0 Å². The Kier molecular flexibility index (Phi) is 6.15. The summed E-state index contributed by atoms with van der Waals surface area (Å²) >= 11 is 0. The fourth-order valence-electron chi connectivity index (χ4n) is 2.22. The summed E-state index contributed by atoms with van der Waals surface area (Å²) in [5.41, 5.74) is 0. The summed E-state index contributed by atoms with van der Waals surface area (Å²) < 4.78 is 0. The van der Waals surface area contributed by atoms with Crippen LogP contribution in [0.1, 0.15) is 13.8 Å². The van der Waals surface area contributed by atoms with Crippen LogP contribution in [0.4, 0.5) is 0 Å². The van der Waals surface area contributed by atoms with E-state index in [4.69, 9.17) is 0 Å². The molecule has 1 aliphatic rings. The van der Waals surface area contributed by atoms with Crippen LogP contribution < -0.4 is 0 Å². The first kappa shape index (κ1) is 16.2.